The number of amides is 2. The zero-order valence-corrected chi connectivity index (χ0v) is 23.0. The van der Waals surface area contributed by atoms with Crippen LogP contribution in [0.25, 0.3) is 0 Å². The van der Waals surface area contributed by atoms with Crippen molar-refractivity contribution in [2.75, 3.05) is 6.61 Å². The number of rotatable bonds is 13. The van der Waals surface area contributed by atoms with Crippen molar-refractivity contribution >= 4 is 21.1 Å². The summed E-state index contributed by atoms with van der Waals surface area (Å²) < 4.78 is 47.5. The monoisotopic (exact) mass is 552 g/mol. The number of carbonyl (C=O) groups excluding carboxylic acids is 2. The third-order valence-electron chi connectivity index (χ3n) is 6.70. The van der Waals surface area contributed by atoms with Crippen LogP contribution in [0, 0.1) is 5.92 Å². The van der Waals surface area contributed by atoms with Gasteiger partial charge in [-0.3, -0.25) is 14.3 Å². The van der Waals surface area contributed by atoms with Gasteiger partial charge in [0.25, 0.3) is 11.8 Å². The van der Waals surface area contributed by atoms with Crippen LogP contribution in [-0.4, -0.2) is 45.6 Å². The van der Waals surface area contributed by atoms with Gasteiger partial charge in [0.05, 0.1) is 29.9 Å². The molecule has 3 atom stereocenters. The SMILES string of the molecule is CC(F)(F)CC(=O)NCc1c2c(nn1CCC1CC1)CC(CCc1cccc(OCC(C)(F)P)c1)NC2=O. The van der Waals surface area contributed by atoms with Crippen LogP contribution < -0.4 is 15.4 Å². The number of nitrogens with one attached hydrogen (secondary N) is 2. The number of aryl methyl sites for hydroxylation is 2. The molecule has 3 unspecified atom stereocenters. The van der Waals surface area contributed by atoms with Gasteiger partial charge >= 0.3 is 0 Å². The highest BCUT2D eigenvalue weighted by Crippen LogP contribution is 2.33. The van der Waals surface area contributed by atoms with E-state index in [9.17, 15) is 22.8 Å². The average molecular weight is 553 g/mol. The van der Waals surface area contributed by atoms with Crippen molar-refractivity contribution in [1.82, 2.24) is 20.4 Å². The second-order valence-electron chi connectivity index (χ2n) is 10.9. The summed E-state index contributed by atoms with van der Waals surface area (Å²) in [5.41, 5.74) is 2.67. The van der Waals surface area contributed by atoms with E-state index in [-0.39, 0.29) is 25.1 Å². The Morgan fingerprint density at radius 1 is 1.26 bits per heavy atom. The summed E-state index contributed by atoms with van der Waals surface area (Å²) in [7, 11) is 2.11. The van der Waals surface area contributed by atoms with E-state index in [1.165, 1.54) is 19.8 Å². The molecule has 2 amide bonds. The number of hydrogen-bond acceptors (Lipinski definition) is 4. The smallest absolute Gasteiger partial charge is 0.255 e. The predicted octanol–water partition coefficient (Wildman–Crippen LogP) is 4.57. The number of alkyl halides is 3. The van der Waals surface area contributed by atoms with Crippen LogP contribution in [0.5, 0.6) is 5.75 Å². The van der Waals surface area contributed by atoms with Crippen LogP contribution in [0.4, 0.5) is 13.2 Å². The number of nitrogens with zero attached hydrogens (tertiary/aromatic N) is 2. The van der Waals surface area contributed by atoms with Crippen molar-refractivity contribution in [3.05, 3.63) is 46.8 Å². The van der Waals surface area contributed by atoms with Gasteiger partial charge in [-0.15, -0.1) is 0 Å². The third-order valence-corrected chi connectivity index (χ3v) is 6.87. The van der Waals surface area contributed by atoms with Gasteiger partial charge < -0.3 is 15.4 Å². The van der Waals surface area contributed by atoms with Crippen LogP contribution in [0.2, 0.25) is 0 Å². The molecule has 208 valence electrons. The van der Waals surface area contributed by atoms with Crippen LogP contribution in [0.15, 0.2) is 24.3 Å². The standard InChI is InChI=1S/C27H36F3N4O3P/c1-26(28,29)14-23(35)31-15-22-24-21(33-34(22)11-10-17-6-7-17)13-19(32-25(24)36)9-8-18-4-3-5-20(12-18)37-16-27(2,30)38/h3-5,12,17,19H,6-11,13-16,38H2,1-2H3,(H,31,35)(H,32,36). The lowest BCUT2D eigenvalue weighted by Crippen LogP contribution is -2.42. The fraction of sp³-hybridized carbons (Fsp3) is 0.593. The Bertz CT molecular complexity index is 1160. The molecule has 0 bridgehead atoms. The van der Waals surface area contributed by atoms with Crippen LogP contribution in [-0.2, 0) is 30.7 Å². The molecule has 7 nitrogen and oxygen atoms in total. The molecule has 0 radical (unpaired) electrons. The van der Waals surface area contributed by atoms with E-state index in [0.29, 0.717) is 61.3 Å². The van der Waals surface area contributed by atoms with Gasteiger partial charge in [0.1, 0.15) is 12.4 Å². The third kappa shape index (κ3) is 8.45. The predicted molar refractivity (Wildman–Crippen MR) is 141 cm³/mol. The molecule has 38 heavy (non-hydrogen) atoms. The Morgan fingerprint density at radius 3 is 2.71 bits per heavy atom. The first-order valence-electron chi connectivity index (χ1n) is 13.1. The lowest BCUT2D eigenvalue weighted by Gasteiger charge is -2.23. The Hall–Kier alpha value is -2.61. The summed E-state index contributed by atoms with van der Waals surface area (Å²) in [6.07, 6.45) is 4.27. The zero-order chi connectivity index (χ0) is 27.5. The largest absolute Gasteiger partial charge is 0.490 e. The summed E-state index contributed by atoms with van der Waals surface area (Å²) in [5, 5.41) is 8.80. The number of fused-ring (bicyclic) bond motifs is 1. The molecule has 2 heterocycles. The molecule has 1 fully saturated rings. The first-order valence-corrected chi connectivity index (χ1v) is 13.7. The van der Waals surface area contributed by atoms with Gasteiger partial charge in [0, 0.05) is 19.0 Å². The number of hydrogen-bond donors (Lipinski definition) is 2. The molecule has 1 aromatic carbocycles. The van der Waals surface area contributed by atoms with E-state index < -0.39 is 23.7 Å². The maximum Gasteiger partial charge on any atom is 0.255 e. The van der Waals surface area contributed by atoms with E-state index in [1.807, 2.05) is 18.2 Å². The van der Waals surface area contributed by atoms with Gasteiger partial charge in [-0.2, -0.15) is 5.10 Å². The number of carbonyl (C=O) groups is 2. The van der Waals surface area contributed by atoms with Crippen LogP contribution in [0.1, 0.15) is 73.3 Å². The van der Waals surface area contributed by atoms with Crippen molar-refractivity contribution in [1.29, 1.82) is 0 Å². The normalized spacial score (nSPS) is 18.9. The van der Waals surface area contributed by atoms with Gasteiger partial charge in [0.15, 0.2) is 5.41 Å². The quantitative estimate of drug-likeness (QED) is 0.357. The van der Waals surface area contributed by atoms with E-state index in [2.05, 4.69) is 19.9 Å². The molecular formula is C27H36F3N4O3P. The van der Waals surface area contributed by atoms with Gasteiger partial charge in [-0.05, 0) is 56.7 Å². The minimum atomic E-state index is -3.10. The minimum absolute atomic E-state index is 0.0268. The van der Waals surface area contributed by atoms with Crippen LogP contribution >= 0.6 is 9.24 Å². The lowest BCUT2D eigenvalue weighted by atomic mass is 9.95. The summed E-state index contributed by atoms with van der Waals surface area (Å²) >= 11 is 0. The van der Waals surface area contributed by atoms with E-state index in [0.717, 1.165) is 12.0 Å². The first kappa shape index (κ1) is 28.4. The minimum Gasteiger partial charge on any atom is -0.490 e. The molecule has 2 aromatic rings. The molecule has 1 saturated carbocycles. The lowest BCUT2D eigenvalue weighted by molar-refractivity contribution is -0.127. The fourth-order valence-corrected chi connectivity index (χ4v) is 4.72. The highest BCUT2D eigenvalue weighted by molar-refractivity contribution is 7.18. The molecule has 0 spiro atoms. The summed E-state index contributed by atoms with van der Waals surface area (Å²) in [5.74, 6) is -2.90. The van der Waals surface area contributed by atoms with E-state index in [4.69, 9.17) is 9.84 Å². The molecular weight excluding hydrogens is 516 g/mol. The Balaban J connectivity index is 1.41. The van der Waals surface area contributed by atoms with Crippen molar-refractivity contribution in [3.63, 3.8) is 0 Å². The number of benzene rings is 1. The average Bonchev–Trinajstić information content (AvgIpc) is 3.57. The molecule has 2 N–H and O–H groups in total. The molecule has 1 aliphatic heterocycles. The molecule has 11 heteroatoms. The van der Waals surface area contributed by atoms with Gasteiger partial charge in [0.2, 0.25) is 5.91 Å². The Kier molecular flexibility index (Phi) is 8.70. The van der Waals surface area contributed by atoms with Crippen LogP contribution in [0.3, 0.4) is 0 Å². The van der Waals surface area contributed by atoms with Gasteiger partial charge in [-0.25, -0.2) is 13.2 Å². The fourth-order valence-electron chi connectivity index (χ4n) is 4.63. The van der Waals surface area contributed by atoms with Crippen molar-refractivity contribution in [2.24, 2.45) is 5.92 Å². The Morgan fingerprint density at radius 2 is 2.03 bits per heavy atom. The van der Waals surface area contributed by atoms with E-state index >= 15 is 0 Å². The zero-order valence-electron chi connectivity index (χ0n) is 21.9. The molecule has 2 aliphatic rings. The van der Waals surface area contributed by atoms with E-state index in [1.54, 1.807) is 10.7 Å². The van der Waals surface area contributed by atoms with Crippen molar-refractivity contribution < 1.29 is 27.5 Å². The number of halogens is 3. The molecule has 0 saturated heterocycles. The molecule has 1 aromatic heterocycles. The second-order valence-corrected chi connectivity index (χ2v) is 12.1. The molecule has 4 rings (SSSR count). The summed E-state index contributed by atoms with van der Waals surface area (Å²) in [6, 6.07) is 7.35. The topological polar surface area (TPSA) is 85.2 Å². The maximum atomic E-state index is 13.7. The summed E-state index contributed by atoms with van der Waals surface area (Å²) in [6.45, 7) is 2.65. The Labute approximate surface area is 223 Å². The molecule has 1 aliphatic carbocycles. The number of ether oxygens (including phenoxy) is 1. The summed E-state index contributed by atoms with van der Waals surface area (Å²) in [4.78, 5) is 25.2. The van der Waals surface area contributed by atoms with Crippen molar-refractivity contribution in [2.45, 2.75) is 89.3 Å². The highest BCUT2D eigenvalue weighted by atomic mass is 31.0. The van der Waals surface area contributed by atoms with Gasteiger partial charge in [-0.1, -0.05) is 34.2 Å². The maximum absolute atomic E-state index is 13.7. The highest BCUT2D eigenvalue weighted by Gasteiger charge is 2.33. The first-order chi connectivity index (χ1) is 17.9. The second kappa shape index (κ2) is 11.6. The number of aromatic nitrogens is 2. The van der Waals surface area contributed by atoms with Crippen molar-refractivity contribution in [3.8, 4) is 5.75 Å².